The highest BCUT2D eigenvalue weighted by molar-refractivity contribution is 5.75. The lowest BCUT2D eigenvalue weighted by atomic mass is 10.1. The summed E-state index contributed by atoms with van der Waals surface area (Å²) >= 11 is 0. The Hall–Kier alpha value is -2.10. The van der Waals surface area contributed by atoms with Crippen molar-refractivity contribution in [3.05, 3.63) is 48.0 Å². The Kier molecular flexibility index (Phi) is 9.45. The lowest BCUT2D eigenvalue weighted by molar-refractivity contribution is -0.147. The Morgan fingerprint density at radius 1 is 1.17 bits per heavy atom. The van der Waals surface area contributed by atoms with Gasteiger partial charge in [0, 0.05) is 19.9 Å². The summed E-state index contributed by atoms with van der Waals surface area (Å²) in [7, 11) is 0. The van der Waals surface area contributed by atoms with Crippen LogP contribution in [-0.4, -0.2) is 18.0 Å². The Labute approximate surface area is 138 Å². The van der Waals surface area contributed by atoms with Gasteiger partial charge in [-0.1, -0.05) is 49.4 Å². The Morgan fingerprint density at radius 2 is 1.91 bits per heavy atom. The van der Waals surface area contributed by atoms with Crippen molar-refractivity contribution in [2.24, 2.45) is 0 Å². The summed E-state index contributed by atoms with van der Waals surface area (Å²) in [5, 5.41) is 2.89. The molecule has 1 rings (SSSR count). The number of allylic oxidation sites excluding steroid dienone is 2. The number of esters is 1. The van der Waals surface area contributed by atoms with Crippen molar-refractivity contribution >= 4 is 11.9 Å². The summed E-state index contributed by atoms with van der Waals surface area (Å²) in [6.45, 7) is 4.01. The summed E-state index contributed by atoms with van der Waals surface area (Å²) in [4.78, 5) is 23.1. The van der Waals surface area contributed by atoms with E-state index in [0.29, 0.717) is 19.4 Å². The number of hydrogen-bond acceptors (Lipinski definition) is 3. The average molecular weight is 317 g/mol. The standard InChI is InChI=1S/C19H27NO3/c1-3-4-5-9-12-18(23-16(2)21)13-14-19(22)20-15-17-10-7-6-8-11-17/h4-8,10-11,18H,3,9,12-15H2,1-2H3,(H,20,22)/b5-4-. The van der Waals surface area contributed by atoms with E-state index >= 15 is 0 Å². The molecule has 0 fully saturated rings. The van der Waals surface area contributed by atoms with Gasteiger partial charge in [0.05, 0.1) is 0 Å². The van der Waals surface area contributed by atoms with Crippen molar-refractivity contribution in [2.75, 3.05) is 0 Å². The molecule has 0 bridgehead atoms. The summed E-state index contributed by atoms with van der Waals surface area (Å²) in [6.07, 6.45) is 7.52. The molecule has 4 nitrogen and oxygen atoms in total. The lowest BCUT2D eigenvalue weighted by Crippen LogP contribution is -2.25. The van der Waals surface area contributed by atoms with Crippen LogP contribution in [0.3, 0.4) is 0 Å². The highest BCUT2D eigenvalue weighted by Crippen LogP contribution is 2.11. The summed E-state index contributed by atoms with van der Waals surface area (Å²) in [5.41, 5.74) is 1.07. The zero-order valence-electron chi connectivity index (χ0n) is 14.1. The quantitative estimate of drug-likeness (QED) is 0.528. The number of benzene rings is 1. The van der Waals surface area contributed by atoms with Crippen molar-refractivity contribution in [2.45, 2.75) is 58.6 Å². The molecule has 0 heterocycles. The maximum atomic E-state index is 11.9. The van der Waals surface area contributed by atoms with Gasteiger partial charge in [0.25, 0.3) is 0 Å². The Morgan fingerprint density at radius 3 is 2.57 bits per heavy atom. The van der Waals surface area contributed by atoms with Crippen LogP contribution in [-0.2, 0) is 20.9 Å². The summed E-state index contributed by atoms with van der Waals surface area (Å²) < 4.78 is 5.29. The SMILES string of the molecule is CC/C=C\CCC(CCC(=O)NCc1ccccc1)OC(C)=O. The fourth-order valence-electron chi connectivity index (χ4n) is 2.24. The second-order valence-corrected chi connectivity index (χ2v) is 5.49. The van der Waals surface area contributed by atoms with Crippen molar-refractivity contribution < 1.29 is 14.3 Å². The molecule has 0 saturated heterocycles. The van der Waals surface area contributed by atoms with E-state index in [1.54, 1.807) is 0 Å². The van der Waals surface area contributed by atoms with E-state index in [1.807, 2.05) is 30.3 Å². The topological polar surface area (TPSA) is 55.4 Å². The number of carbonyl (C=O) groups excluding carboxylic acids is 2. The highest BCUT2D eigenvalue weighted by Gasteiger charge is 2.13. The van der Waals surface area contributed by atoms with E-state index in [9.17, 15) is 9.59 Å². The zero-order valence-corrected chi connectivity index (χ0v) is 14.1. The van der Waals surface area contributed by atoms with Crippen LogP contribution < -0.4 is 5.32 Å². The molecule has 4 heteroatoms. The van der Waals surface area contributed by atoms with Gasteiger partial charge in [0.1, 0.15) is 6.10 Å². The van der Waals surface area contributed by atoms with Crippen LogP contribution in [0.25, 0.3) is 0 Å². The van der Waals surface area contributed by atoms with Gasteiger partial charge in [-0.2, -0.15) is 0 Å². The number of carbonyl (C=O) groups is 2. The zero-order chi connectivity index (χ0) is 16.9. The molecule has 1 unspecified atom stereocenters. The minimum absolute atomic E-state index is 0.0184. The summed E-state index contributed by atoms with van der Waals surface area (Å²) in [6, 6.07) is 9.79. The Balaban J connectivity index is 2.32. The third-order valence-corrected chi connectivity index (χ3v) is 3.42. The second kappa shape index (κ2) is 11.5. The largest absolute Gasteiger partial charge is 0.463 e. The molecular weight excluding hydrogens is 290 g/mol. The van der Waals surface area contributed by atoms with E-state index in [2.05, 4.69) is 24.4 Å². The van der Waals surface area contributed by atoms with Gasteiger partial charge in [-0.3, -0.25) is 9.59 Å². The van der Waals surface area contributed by atoms with Crippen LogP contribution in [0.2, 0.25) is 0 Å². The van der Waals surface area contributed by atoms with E-state index < -0.39 is 0 Å². The van der Waals surface area contributed by atoms with E-state index in [4.69, 9.17) is 4.74 Å². The molecule has 1 N–H and O–H groups in total. The van der Waals surface area contributed by atoms with Crippen molar-refractivity contribution in [3.8, 4) is 0 Å². The second-order valence-electron chi connectivity index (χ2n) is 5.49. The predicted molar refractivity (Wildman–Crippen MR) is 91.7 cm³/mol. The summed E-state index contributed by atoms with van der Waals surface area (Å²) in [5.74, 6) is -0.311. The molecule has 0 radical (unpaired) electrons. The van der Waals surface area contributed by atoms with Gasteiger partial charge >= 0.3 is 5.97 Å². The molecule has 0 aromatic heterocycles. The van der Waals surface area contributed by atoms with Crippen LogP contribution in [0.1, 0.15) is 51.5 Å². The minimum atomic E-state index is -0.292. The van der Waals surface area contributed by atoms with Gasteiger partial charge < -0.3 is 10.1 Å². The smallest absolute Gasteiger partial charge is 0.302 e. The first-order valence-electron chi connectivity index (χ1n) is 8.24. The van der Waals surface area contributed by atoms with Gasteiger partial charge in [0.15, 0.2) is 0 Å². The number of ether oxygens (including phenoxy) is 1. The predicted octanol–water partition coefficient (Wildman–Crippen LogP) is 3.76. The number of rotatable bonds is 10. The number of amides is 1. The van der Waals surface area contributed by atoms with Crippen LogP contribution in [0.5, 0.6) is 0 Å². The maximum absolute atomic E-state index is 11.9. The number of nitrogens with one attached hydrogen (secondary N) is 1. The molecule has 0 spiro atoms. The minimum Gasteiger partial charge on any atom is -0.463 e. The third-order valence-electron chi connectivity index (χ3n) is 3.42. The fraction of sp³-hybridized carbons (Fsp3) is 0.474. The molecular formula is C19H27NO3. The normalized spacial score (nSPS) is 12.1. The molecule has 1 atom stereocenters. The van der Waals surface area contributed by atoms with Crippen LogP contribution in [0.15, 0.2) is 42.5 Å². The van der Waals surface area contributed by atoms with Gasteiger partial charge in [0.2, 0.25) is 5.91 Å². The molecule has 126 valence electrons. The van der Waals surface area contributed by atoms with Gasteiger partial charge in [-0.15, -0.1) is 0 Å². The van der Waals surface area contributed by atoms with Crippen molar-refractivity contribution in [3.63, 3.8) is 0 Å². The highest BCUT2D eigenvalue weighted by atomic mass is 16.5. The monoisotopic (exact) mass is 317 g/mol. The van der Waals surface area contributed by atoms with Crippen LogP contribution in [0, 0.1) is 0 Å². The van der Waals surface area contributed by atoms with Crippen molar-refractivity contribution in [1.82, 2.24) is 5.32 Å². The van der Waals surface area contributed by atoms with E-state index in [-0.39, 0.29) is 18.0 Å². The molecule has 0 saturated carbocycles. The molecule has 23 heavy (non-hydrogen) atoms. The molecule has 0 aliphatic heterocycles. The maximum Gasteiger partial charge on any atom is 0.302 e. The molecule has 0 aliphatic rings. The number of hydrogen-bond donors (Lipinski definition) is 1. The third kappa shape index (κ3) is 9.51. The Bertz CT molecular complexity index is 497. The fourth-order valence-corrected chi connectivity index (χ4v) is 2.24. The molecule has 1 aromatic carbocycles. The average Bonchev–Trinajstić information content (AvgIpc) is 2.55. The van der Waals surface area contributed by atoms with Crippen LogP contribution in [0.4, 0.5) is 0 Å². The molecule has 1 amide bonds. The lowest BCUT2D eigenvalue weighted by Gasteiger charge is -2.16. The van der Waals surface area contributed by atoms with E-state index in [1.165, 1.54) is 6.92 Å². The van der Waals surface area contributed by atoms with Crippen LogP contribution >= 0.6 is 0 Å². The first kappa shape index (κ1) is 18.9. The van der Waals surface area contributed by atoms with E-state index in [0.717, 1.165) is 24.8 Å². The van der Waals surface area contributed by atoms with Gasteiger partial charge in [-0.05, 0) is 31.2 Å². The molecule has 1 aromatic rings. The molecule has 0 aliphatic carbocycles. The first-order chi connectivity index (χ1) is 11.1. The van der Waals surface area contributed by atoms with Gasteiger partial charge in [-0.25, -0.2) is 0 Å². The van der Waals surface area contributed by atoms with Crippen molar-refractivity contribution in [1.29, 1.82) is 0 Å². The first-order valence-corrected chi connectivity index (χ1v) is 8.24.